The average Bonchev–Trinajstić information content (AvgIpc) is 3.26. The van der Waals surface area contributed by atoms with Gasteiger partial charge in [0.25, 0.3) is 0 Å². The minimum absolute atomic E-state index is 0.0502. The van der Waals surface area contributed by atoms with Crippen LogP contribution in [0.1, 0.15) is 106 Å². The molecule has 212 valence electrons. The van der Waals surface area contributed by atoms with Gasteiger partial charge in [0.15, 0.2) is 0 Å². The topological polar surface area (TPSA) is 72.5 Å². The highest BCUT2D eigenvalue weighted by Crippen LogP contribution is 2.77. The summed E-state index contributed by atoms with van der Waals surface area (Å²) in [5.74, 6) is 2.25. The quantitative estimate of drug-likeness (QED) is 0.336. The van der Waals surface area contributed by atoms with Crippen LogP contribution in [0.4, 0.5) is 0 Å². The fraction of sp³-hybridized carbons (Fsp3) is 0.848. The third kappa shape index (κ3) is 3.51. The van der Waals surface area contributed by atoms with E-state index in [0.717, 1.165) is 51.4 Å². The molecule has 5 rings (SSSR count). The molecule has 1 N–H and O–H groups in total. The van der Waals surface area contributed by atoms with E-state index < -0.39 is 11.4 Å². The lowest BCUT2D eigenvalue weighted by Gasteiger charge is -2.72. The van der Waals surface area contributed by atoms with Crippen molar-refractivity contribution >= 4 is 17.7 Å². The van der Waals surface area contributed by atoms with Gasteiger partial charge in [-0.25, -0.2) is 0 Å². The van der Waals surface area contributed by atoms with Crippen molar-refractivity contribution < 1.29 is 19.1 Å². The van der Waals surface area contributed by atoms with E-state index in [-0.39, 0.29) is 40.0 Å². The van der Waals surface area contributed by atoms with Gasteiger partial charge in [-0.2, -0.15) is 0 Å². The molecule has 5 aliphatic rings. The summed E-state index contributed by atoms with van der Waals surface area (Å²) >= 11 is 0. The second-order valence-corrected chi connectivity index (χ2v) is 15.2. The molecule has 1 amide bonds. The number of nitrogens with one attached hydrogen (secondary N) is 1. The van der Waals surface area contributed by atoms with Crippen LogP contribution in [0.5, 0.6) is 0 Å². The number of methoxy groups -OCH3 is 1. The van der Waals surface area contributed by atoms with E-state index in [0.29, 0.717) is 29.5 Å². The zero-order valence-electron chi connectivity index (χ0n) is 25.0. The summed E-state index contributed by atoms with van der Waals surface area (Å²) in [6, 6.07) is 0. The Morgan fingerprint density at radius 2 is 1.63 bits per heavy atom. The predicted octanol–water partition coefficient (Wildman–Crippen LogP) is 6.50. The number of carbonyl (C=O) groups is 3. The molecule has 5 nitrogen and oxygen atoms in total. The van der Waals surface area contributed by atoms with Crippen LogP contribution < -0.4 is 5.32 Å². The number of fused-ring (bicyclic) bond motifs is 7. The van der Waals surface area contributed by atoms with Crippen LogP contribution in [0.3, 0.4) is 0 Å². The molecule has 0 bridgehead atoms. The summed E-state index contributed by atoms with van der Waals surface area (Å²) in [6.07, 6.45) is 10.2. The molecule has 5 saturated carbocycles. The van der Waals surface area contributed by atoms with Crippen molar-refractivity contribution in [3.63, 3.8) is 0 Å². The van der Waals surface area contributed by atoms with Gasteiger partial charge in [0.2, 0.25) is 5.91 Å². The first kappa shape index (κ1) is 27.9. The van der Waals surface area contributed by atoms with Crippen LogP contribution in [0.25, 0.3) is 0 Å². The molecule has 0 saturated heterocycles. The normalized spacial score (nSPS) is 47.1. The van der Waals surface area contributed by atoms with E-state index >= 15 is 0 Å². The van der Waals surface area contributed by atoms with Crippen LogP contribution in [-0.4, -0.2) is 31.3 Å². The van der Waals surface area contributed by atoms with Crippen LogP contribution in [0.2, 0.25) is 0 Å². The maximum Gasteiger partial charge on any atom is 0.325 e. The van der Waals surface area contributed by atoms with Crippen molar-refractivity contribution in [2.24, 2.45) is 56.7 Å². The Bertz CT molecular complexity index is 1050. The van der Waals surface area contributed by atoms with E-state index in [1.54, 1.807) is 0 Å². The largest absolute Gasteiger partial charge is 0.468 e. The molecule has 0 aromatic rings. The van der Waals surface area contributed by atoms with Gasteiger partial charge in [0.1, 0.15) is 12.3 Å². The smallest absolute Gasteiger partial charge is 0.325 e. The number of Topliss-reactive ketones (excluding diaryl/α,β-unsaturated/α-hetero) is 1. The molecule has 0 heterocycles. The summed E-state index contributed by atoms with van der Waals surface area (Å²) in [5, 5.41) is 2.98. The zero-order valence-corrected chi connectivity index (χ0v) is 25.0. The Kier molecular flexibility index (Phi) is 6.56. The van der Waals surface area contributed by atoms with E-state index in [4.69, 9.17) is 4.74 Å². The summed E-state index contributed by atoms with van der Waals surface area (Å²) in [5.41, 5.74) is 1.07. The van der Waals surface area contributed by atoms with Gasteiger partial charge in [-0.1, -0.05) is 46.8 Å². The highest BCUT2D eigenvalue weighted by atomic mass is 16.5. The lowest BCUT2D eigenvalue weighted by Crippen LogP contribution is -2.67. The van der Waals surface area contributed by atoms with Gasteiger partial charge in [0, 0.05) is 11.8 Å². The lowest BCUT2D eigenvalue weighted by molar-refractivity contribution is -0.233. The molecule has 0 aliphatic heterocycles. The molecular formula is C33H51NO4. The van der Waals surface area contributed by atoms with Gasteiger partial charge in [-0.05, 0) is 111 Å². The Morgan fingerprint density at radius 1 is 0.921 bits per heavy atom. The SMILES string of the molecule is C=C(C)[C@@H]1CC[C@]2(C(=O)NCC(=O)OC)CC[C@]3(C)[C@H](CC[C@@H]4[C@@]5(C)CCC(=O)C(C)(C)[C@@H]5CC[C@]43C)[C@@H]12. The second-order valence-electron chi connectivity index (χ2n) is 15.2. The highest BCUT2D eigenvalue weighted by molar-refractivity contribution is 5.87. The van der Waals surface area contributed by atoms with Gasteiger partial charge >= 0.3 is 5.97 Å². The summed E-state index contributed by atoms with van der Waals surface area (Å²) in [7, 11) is 1.37. The fourth-order valence-corrected chi connectivity index (χ4v) is 11.7. The molecule has 0 unspecified atom stereocenters. The van der Waals surface area contributed by atoms with Crippen molar-refractivity contribution in [3.05, 3.63) is 12.2 Å². The molecule has 0 radical (unpaired) electrons. The molecule has 5 aliphatic carbocycles. The minimum atomic E-state index is -0.425. The number of ketones is 1. The Hall–Kier alpha value is -1.65. The number of hydrogen-bond acceptors (Lipinski definition) is 4. The highest BCUT2D eigenvalue weighted by Gasteiger charge is 2.71. The molecule has 5 heteroatoms. The van der Waals surface area contributed by atoms with Gasteiger partial charge in [-0.3, -0.25) is 14.4 Å². The maximum absolute atomic E-state index is 13.9. The number of allylic oxidation sites excluding steroid dienone is 1. The van der Waals surface area contributed by atoms with E-state index in [9.17, 15) is 14.4 Å². The molecule has 0 aromatic heterocycles. The predicted molar refractivity (Wildman–Crippen MR) is 149 cm³/mol. The Balaban J connectivity index is 1.51. The number of esters is 1. The number of ether oxygens (including phenoxy) is 1. The average molecular weight is 526 g/mol. The minimum Gasteiger partial charge on any atom is -0.468 e. The molecule has 5 fully saturated rings. The first-order chi connectivity index (χ1) is 17.7. The number of hydrogen-bond donors (Lipinski definition) is 1. The molecule has 0 aromatic carbocycles. The van der Waals surface area contributed by atoms with Gasteiger partial charge < -0.3 is 10.1 Å². The lowest BCUT2D eigenvalue weighted by atomic mass is 9.32. The van der Waals surface area contributed by atoms with Crippen molar-refractivity contribution in [3.8, 4) is 0 Å². The first-order valence-corrected chi connectivity index (χ1v) is 15.2. The number of amides is 1. The summed E-state index contributed by atoms with van der Waals surface area (Å²) < 4.78 is 4.82. The van der Waals surface area contributed by atoms with E-state index in [2.05, 4.69) is 53.4 Å². The summed E-state index contributed by atoms with van der Waals surface area (Å²) in [4.78, 5) is 38.8. The van der Waals surface area contributed by atoms with Gasteiger partial charge in [0.05, 0.1) is 12.5 Å². The molecular weight excluding hydrogens is 474 g/mol. The van der Waals surface area contributed by atoms with Crippen LogP contribution in [0.15, 0.2) is 12.2 Å². The van der Waals surface area contributed by atoms with Crippen LogP contribution >= 0.6 is 0 Å². The number of carbonyl (C=O) groups excluding carboxylic acids is 3. The maximum atomic E-state index is 13.9. The Labute approximate surface area is 230 Å². The van der Waals surface area contributed by atoms with Crippen molar-refractivity contribution in [2.75, 3.05) is 13.7 Å². The van der Waals surface area contributed by atoms with E-state index in [1.165, 1.54) is 25.5 Å². The molecule has 0 spiro atoms. The fourth-order valence-electron chi connectivity index (χ4n) is 11.7. The second kappa shape index (κ2) is 8.93. The van der Waals surface area contributed by atoms with Crippen molar-refractivity contribution in [1.82, 2.24) is 5.32 Å². The third-order valence-corrected chi connectivity index (χ3v) is 13.9. The zero-order chi connectivity index (χ0) is 27.9. The van der Waals surface area contributed by atoms with Crippen molar-refractivity contribution in [1.29, 1.82) is 0 Å². The Morgan fingerprint density at radius 3 is 2.29 bits per heavy atom. The molecule has 38 heavy (non-hydrogen) atoms. The first-order valence-electron chi connectivity index (χ1n) is 15.2. The van der Waals surface area contributed by atoms with Gasteiger partial charge in [-0.15, -0.1) is 0 Å². The van der Waals surface area contributed by atoms with Crippen LogP contribution in [0, 0.1) is 56.7 Å². The third-order valence-electron chi connectivity index (χ3n) is 13.9. The van der Waals surface area contributed by atoms with Crippen LogP contribution in [-0.2, 0) is 19.1 Å². The monoisotopic (exact) mass is 525 g/mol. The number of rotatable bonds is 4. The van der Waals surface area contributed by atoms with E-state index in [1.807, 2.05) is 0 Å². The molecule has 9 atom stereocenters. The summed E-state index contributed by atoms with van der Waals surface area (Å²) in [6.45, 7) is 18.6. The van der Waals surface area contributed by atoms with Crippen molar-refractivity contribution in [2.45, 2.75) is 106 Å². The standard InChI is InChI=1S/C33H51NO4/c1-20(2)21-11-16-33(28(37)34-19-26(36)38-8)18-17-31(6)22(27(21)33)9-10-24-30(5)14-13-25(35)29(3,4)23(30)12-15-32(24,31)7/h21-24,27H,1,9-19H2,2-8H3,(H,34,37)/t21-,22+,23-,24+,27+,30-,31+,32+,33-/m0/s1.